The highest BCUT2D eigenvalue weighted by Crippen LogP contribution is 2.10. The summed E-state index contributed by atoms with van der Waals surface area (Å²) >= 11 is 0. The Morgan fingerprint density at radius 2 is 1.71 bits per heavy atom. The molecule has 1 aromatic rings. The monoisotopic (exact) mass is 256 g/mol. The molecule has 3 N–H and O–H groups in total. The van der Waals surface area contributed by atoms with Crippen LogP contribution in [0.2, 0.25) is 0 Å². The van der Waals surface area contributed by atoms with Gasteiger partial charge in [-0.05, 0) is 18.4 Å². The molecule has 0 fully saturated rings. The molecule has 0 aliphatic rings. The van der Waals surface area contributed by atoms with Crippen molar-refractivity contribution in [2.45, 2.75) is 32.9 Å². The lowest BCUT2D eigenvalue weighted by Gasteiger charge is -2.20. The summed E-state index contributed by atoms with van der Waals surface area (Å²) in [5.41, 5.74) is 6.72. The van der Waals surface area contributed by atoms with Crippen LogP contribution in [0.1, 0.15) is 32.4 Å². The molecular weight excluding hydrogens is 236 g/mol. The molecule has 17 heavy (non-hydrogen) atoms. The molecule has 2 unspecified atom stereocenters. The molecular formula is C13H21ClN2O. The summed E-state index contributed by atoms with van der Waals surface area (Å²) < 4.78 is 0. The number of hydrogen-bond donors (Lipinski definition) is 2. The van der Waals surface area contributed by atoms with Crippen molar-refractivity contribution in [2.24, 2.45) is 11.7 Å². The molecule has 1 rings (SSSR count). The minimum Gasteiger partial charge on any atom is -0.352 e. The first-order valence-corrected chi connectivity index (χ1v) is 5.63. The van der Waals surface area contributed by atoms with Crippen LogP contribution in [-0.2, 0) is 4.79 Å². The van der Waals surface area contributed by atoms with Crippen LogP contribution in [-0.4, -0.2) is 11.9 Å². The number of amides is 1. The fraction of sp³-hybridized carbons (Fsp3) is 0.462. The molecule has 0 aliphatic carbocycles. The van der Waals surface area contributed by atoms with E-state index in [-0.39, 0.29) is 24.4 Å². The average molecular weight is 257 g/mol. The van der Waals surface area contributed by atoms with Gasteiger partial charge in [-0.15, -0.1) is 12.4 Å². The third-order valence-electron chi connectivity index (χ3n) is 2.81. The van der Waals surface area contributed by atoms with Crippen molar-refractivity contribution >= 4 is 18.3 Å². The molecule has 0 saturated carbocycles. The first-order chi connectivity index (χ1) is 7.52. The van der Waals surface area contributed by atoms with E-state index in [2.05, 4.69) is 19.2 Å². The number of carbonyl (C=O) groups is 1. The number of halogens is 1. The van der Waals surface area contributed by atoms with Crippen molar-refractivity contribution in [3.05, 3.63) is 35.9 Å². The average Bonchev–Trinajstić information content (AvgIpc) is 2.28. The fourth-order valence-electron chi connectivity index (χ4n) is 1.29. The Kier molecular flexibility index (Phi) is 6.85. The van der Waals surface area contributed by atoms with E-state index in [0.717, 1.165) is 5.56 Å². The van der Waals surface area contributed by atoms with Gasteiger partial charge in [-0.1, -0.05) is 44.2 Å². The van der Waals surface area contributed by atoms with Crippen molar-refractivity contribution < 1.29 is 4.79 Å². The van der Waals surface area contributed by atoms with Gasteiger partial charge in [0.25, 0.3) is 0 Å². The molecule has 3 nitrogen and oxygen atoms in total. The third kappa shape index (κ3) is 4.75. The van der Waals surface area contributed by atoms with Crippen LogP contribution < -0.4 is 11.1 Å². The van der Waals surface area contributed by atoms with Crippen LogP contribution in [0, 0.1) is 5.92 Å². The molecule has 96 valence electrons. The lowest BCUT2D eigenvalue weighted by molar-refractivity contribution is -0.123. The molecule has 0 spiro atoms. The zero-order valence-electron chi connectivity index (χ0n) is 10.5. The minimum absolute atomic E-state index is 0. The van der Waals surface area contributed by atoms with Gasteiger partial charge in [-0.3, -0.25) is 4.79 Å². The first kappa shape index (κ1) is 15.9. The zero-order valence-corrected chi connectivity index (χ0v) is 11.3. The summed E-state index contributed by atoms with van der Waals surface area (Å²) in [7, 11) is 0. The lowest BCUT2D eigenvalue weighted by atomic mass is 10.0. The van der Waals surface area contributed by atoms with Crippen LogP contribution in [0.3, 0.4) is 0 Å². The first-order valence-electron chi connectivity index (χ1n) is 5.63. The number of nitrogens with two attached hydrogens (primary N) is 1. The topological polar surface area (TPSA) is 55.1 Å². The fourth-order valence-corrected chi connectivity index (χ4v) is 1.29. The number of nitrogens with one attached hydrogen (secondary N) is 1. The molecule has 1 amide bonds. The van der Waals surface area contributed by atoms with Crippen molar-refractivity contribution in [1.82, 2.24) is 5.32 Å². The molecule has 0 bridgehead atoms. The van der Waals surface area contributed by atoms with E-state index >= 15 is 0 Å². The predicted octanol–water partition coefficient (Wildman–Crippen LogP) is 2.27. The molecule has 0 heterocycles. The van der Waals surface area contributed by atoms with E-state index in [9.17, 15) is 4.79 Å². The summed E-state index contributed by atoms with van der Waals surface area (Å²) in [4.78, 5) is 11.8. The summed E-state index contributed by atoms with van der Waals surface area (Å²) in [5.74, 6) is 0.291. The van der Waals surface area contributed by atoms with E-state index in [4.69, 9.17) is 5.73 Å². The van der Waals surface area contributed by atoms with Gasteiger partial charge in [-0.2, -0.15) is 0 Å². The van der Waals surface area contributed by atoms with Crippen molar-refractivity contribution in [2.75, 3.05) is 0 Å². The molecule has 4 heteroatoms. The Morgan fingerprint density at radius 1 is 1.18 bits per heavy atom. The van der Waals surface area contributed by atoms with Crippen LogP contribution in [0.15, 0.2) is 30.3 Å². The van der Waals surface area contributed by atoms with E-state index in [1.165, 1.54) is 0 Å². The second-order valence-electron chi connectivity index (χ2n) is 4.43. The summed E-state index contributed by atoms with van der Waals surface area (Å²) in [5, 5.41) is 2.91. The molecule has 0 saturated heterocycles. The Bertz CT molecular complexity index is 341. The number of rotatable bonds is 4. The van der Waals surface area contributed by atoms with Crippen molar-refractivity contribution in [3.8, 4) is 0 Å². The minimum atomic E-state index is -0.581. The maximum Gasteiger partial charge on any atom is 0.241 e. The number of carbonyl (C=O) groups excluding carboxylic acids is 1. The predicted molar refractivity (Wildman–Crippen MR) is 73.1 cm³/mol. The Balaban J connectivity index is 0.00000256. The standard InChI is InChI=1S/C13H20N2O.ClH/c1-9(2)10(3)15-13(16)12(14)11-7-5-4-6-8-11;/h4-10,12H,14H2,1-3H3,(H,15,16);1H. The highest BCUT2D eigenvalue weighted by Gasteiger charge is 2.18. The zero-order chi connectivity index (χ0) is 12.1. The Morgan fingerprint density at radius 3 is 2.18 bits per heavy atom. The van der Waals surface area contributed by atoms with Gasteiger partial charge in [0.05, 0.1) is 0 Å². The summed E-state index contributed by atoms with van der Waals surface area (Å²) in [6, 6.07) is 8.96. The van der Waals surface area contributed by atoms with Gasteiger partial charge < -0.3 is 11.1 Å². The normalized spacial score (nSPS) is 13.7. The van der Waals surface area contributed by atoms with Gasteiger partial charge in [0.15, 0.2) is 0 Å². The third-order valence-corrected chi connectivity index (χ3v) is 2.81. The SMILES string of the molecule is CC(C)C(C)NC(=O)C(N)c1ccccc1.Cl. The Hall–Kier alpha value is -1.06. The molecule has 2 atom stereocenters. The van der Waals surface area contributed by atoms with Gasteiger partial charge in [0.2, 0.25) is 5.91 Å². The quantitative estimate of drug-likeness (QED) is 0.868. The second kappa shape index (κ2) is 7.30. The largest absolute Gasteiger partial charge is 0.352 e. The highest BCUT2D eigenvalue weighted by atomic mass is 35.5. The maximum absolute atomic E-state index is 11.8. The van der Waals surface area contributed by atoms with Crippen LogP contribution in [0.4, 0.5) is 0 Å². The van der Waals surface area contributed by atoms with Crippen LogP contribution in [0.25, 0.3) is 0 Å². The van der Waals surface area contributed by atoms with Crippen molar-refractivity contribution in [1.29, 1.82) is 0 Å². The smallest absolute Gasteiger partial charge is 0.241 e. The molecule has 0 radical (unpaired) electrons. The molecule has 0 aliphatic heterocycles. The lowest BCUT2D eigenvalue weighted by Crippen LogP contribution is -2.41. The maximum atomic E-state index is 11.8. The van der Waals surface area contributed by atoms with E-state index < -0.39 is 6.04 Å². The number of benzene rings is 1. The highest BCUT2D eigenvalue weighted by molar-refractivity contribution is 5.85. The summed E-state index contributed by atoms with van der Waals surface area (Å²) in [6.07, 6.45) is 0. The van der Waals surface area contributed by atoms with E-state index in [0.29, 0.717) is 5.92 Å². The van der Waals surface area contributed by atoms with E-state index in [1.54, 1.807) is 0 Å². The molecule has 1 aromatic carbocycles. The van der Waals surface area contributed by atoms with Gasteiger partial charge in [0, 0.05) is 6.04 Å². The van der Waals surface area contributed by atoms with Gasteiger partial charge in [-0.25, -0.2) is 0 Å². The second-order valence-corrected chi connectivity index (χ2v) is 4.43. The van der Waals surface area contributed by atoms with Gasteiger partial charge in [0.1, 0.15) is 6.04 Å². The number of hydrogen-bond acceptors (Lipinski definition) is 2. The Labute approximate surface area is 109 Å². The summed E-state index contributed by atoms with van der Waals surface area (Å²) in [6.45, 7) is 6.12. The van der Waals surface area contributed by atoms with Crippen LogP contribution in [0.5, 0.6) is 0 Å². The van der Waals surface area contributed by atoms with Crippen LogP contribution >= 0.6 is 12.4 Å². The van der Waals surface area contributed by atoms with E-state index in [1.807, 2.05) is 37.3 Å². The van der Waals surface area contributed by atoms with Crippen molar-refractivity contribution in [3.63, 3.8) is 0 Å². The van der Waals surface area contributed by atoms with Gasteiger partial charge >= 0.3 is 0 Å². The molecule has 0 aromatic heterocycles.